The molecule has 0 heterocycles. The van der Waals surface area contributed by atoms with E-state index in [2.05, 4.69) is 5.32 Å². The molecule has 1 amide bonds. The second-order valence-corrected chi connectivity index (χ2v) is 7.68. The van der Waals surface area contributed by atoms with E-state index >= 15 is 0 Å². The summed E-state index contributed by atoms with van der Waals surface area (Å²) in [7, 11) is 0. The molecule has 1 aliphatic rings. The number of carbonyl (C=O) groups is 4. The minimum absolute atomic E-state index is 0.00236. The van der Waals surface area contributed by atoms with Crippen molar-refractivity contribution in [3.05, 3.63) is 29.8 Å². The Morgan fingerprint density at radius 2 is 1.72 bits per heavy atom. The smallest absolute Gasteiger partial charge is 0.325 e. The zero-order valence-electron chi connectivity index (χ0n) is 16.5. The Morgan fingerprint density at radius 1 is 1.14 bits per heavy atom. The van der Waals surface area contributed by atoms with E-state index in [-0.39, 0.29) is 31.4 Å². The van der Waals surface area contributed by atoms with Gasteiger partial charge in [0.25, 0.3) is 0 Å². The molecule has 0 aromatic heterocycles. The average molecular weight is 405 g/mol. The molecule has 2 rings (SSSR count). The minimum atomic E-state index is -2.11. The van der Waals surface area contributed by atoms with Crippen LogP contribution >= 0.6 is 0 Å². The van der Waals surface area contributed by atoms with Gasteiger partial charge in [0, 0.05) is 6.92 Å². The first kappa shape index (κ1) is 22.5. The maximum Gasteiger partial charge on any atom is 0.325 e. The summed E-state index contributed by atoms with van der Waals surface area (Å²) in [5.41, 5.74) is 8.38. The molecule has 4 unspecified atom stereocenters. The normalized spacial score (nSPS) is 25.8. The third-order valence-corrected chi connectivity index (χ3v) is 5.59. The molecule has 9 heteroatoms. The summed E-state index contributed by atoms with van der Waals surface area (Å²) in [4.78, 5) is 50.5. The molecule has 0 spiro atoms. The standard InChI is InChI=1S/C20H27N3O6/c1-11(21)16(26)19(8-3-9-20(19,22)18(28)29)17(27)15(23-12(2)24)10-13-4-6-14(25)7-5-13/h4-7,11,15,25H,3,8-10,21-22H2,1-2H3,(H,23,24)(H,28,29). The molecule has 0 radical (unpaired) electrons. The lowest BCUT2D eigenvalue weighted by Gasteiger charge is -2.41. The quantitative estimate of drug-likeness (QED) is 0.372. The summed E-state index contributed by atoms with van der Waals surface area (Å²) < 4.78 is 0. The minimum Gasteiger partial charge on any atom is -0.508 e. The fraction of sp³-hybridized carbons (Fsp3) is 0.500. The lowest BCUT2D eigenvalue weighted by atomic mass is 9.63. The summed E-state index contributed by atoms with van der Waals surface area (Å²) in [5.74, 6) is -3.44. The van der Waals surface area contributed by atoms with Crippen LogP contribution in [-0.4, -0.2) is 51.3 Å². The van der Waals surface area contributed by atoms with Crippen molar-refractivity contribution < 1.29 is 29.4 Å². The van der Waals surface area contributed by atoms with Gasteiger partial charge in [-0.25, -0.2) is 0 Å². The first-order valence-corrected chi connectivity index (χ1v) is 9.37. The monoisotopic (exact) mass is 405 g/mol. The fourth-order valence-electron chi connectivity index (χ4n) is 4.17. The largest absolute Gasteiger partial charge is 0.508 e. The number of phenolic OH excluding ortho intramolecular Hbond substituents is 1. The van der Waals surface area contributed by atoms with Gasteiger partial charge in [-0.1, -0.05) is 12.1 Å². The summed E-state index contributed by atoms with van der Waals surface area (Å²) in [6.45, 7) is 2.60. The van der Waals surface area contributed by atoms with Gasteiger partial charge >= 0.3 is 5.97 Å². The first-order valence-electron chi connectivity index (χ1n) is 9.37. The molecule has 7 N–H and O–H groups in total. The van der Waals surface area contributed by atoms with Crippen LogP contribution in [0.25, 0.3) is 0 Å². The number of phenols is 1. The number of Topliss-reactive ketones (excluding diaryl/α,β-unsaturated/α-hetero) is 2. The molecule has 1 aromatic carbocycles. The van der Waals surface area contributed by atoms with E-state index in [4.69, 9.17) is 11.5 Å². The molecule has 0 bridgehead atoms. The van der Waals surface area contributed by atoms with Gasteiger partial charge < -0.3 is 27.0 Å². The van der Waals surface area contributed by atoms with Crippen molar-refractivity contribution in [3.8, 4) is 5.75 Å². The summed E-state index contributed by atoms with van der Waals surface area (Å²) in [6.07, 6.45) is 0.153. The molecule has 0 aliphatic heterocycles. The van der Waals surface area contributed by atoms with Crippen molar-refractivity contribution in [2.45, 2.75) is 57.2 Å². The molecule has 1 aromatic rings. The first-order chi connectivity index (χ1) is 13.5. The number of aliphatic carboxylic acids is 1. The zero-order valence-corrected chi connectivity index (χ0v) is 16.5. The topological polar surface area (TPSA) is 173 Å². The van der Waals surface area contributed by atoms with Crippen LogP contribution in [0.15, 0.2) is 24.3 Å². The van der Waals surface area contributed by atoms with E-state index in [1.807, 2.05) is 0 Å². The molecule has 1 fully saturated rings. The highest BCUT2D eigenvalue weighted by Crippen LogP contribution is 2.48. The van der Waals surface area contributed by atoms with Gasteiger partial charge in [-0.15, -0.1) is 0 Å². The predicted molar refractivity (Wildman–Crippen MR) is 104 cm³/mol. The number of amides is 1. The Bertz CT molecular complexity index is 822. The van der Waals surface area contributed by atoms with E-state index in [1.54, 1.807) is 12.1 Å². The highest BCUT2D eigenvalue weighted by Gasteiger charge is 2.67. The molecular weight excluding hydrogens is 378 g/mol. The van der Waals surface area contributed by atoms with Crippen LogP contribution in [0.1, 0.15) is 38.7 Å². The number of benzene rings is 1. The van der Waals surface area contributed by atoms with Crippen LogP contribution in [0.3, 0.4) is 0 Å². The van der Waals surface area contributed by atoms with Crippen molar-refractivity contribution in [2.75, 3.05) is 0 Å². The van der Waals surface area contributed by atoms with E-state index in [0.29, 0.717) is 5.56 Å². The van der Waals surface area contributed by atoms with Crippen LogP contribution in [-0.2, 0) is 25.6 Å². The van der Waals surface area contributed by atoms with Crippen molar-refractivity contribution in [2.24, 2.45) is 16.9 Å². The number of hydrogen-bond acceptors (Lipinski definition) is 7. The van der Waals surface area contributed by atoms with Crippen molar-refractivity contribution in [3.63, 3.8) is 0 Å². The lowest BCUT2D eigenvalue weighted by molar-refractivity contribution is -0.160. The van der Waals surface area contributed by atoms with E-state index in [9.17, 15) is 29.4 Å². The van der Waals surface area contributed by atoms with Crippen LogP contribution in [0.5, 0.6) is 5.75 Å². The molecule has 0 saturated heterocycles. The zero-order chi connectivity index (χ0) is 22.0. The third kappa shape index (κ3) is 4.01. The van der Waals surface area contributed by atoms with Gasteiger partial charge in [-0.2, -0.15) is 0 Å². The van der Waals surface area contributed by atoms with Gasteiger partial charge in [0.05, 0.1) is 12.1 Å². The molecule has 9 nitrogen and oxygen atoms in total. The summed E-state index contributed by atoms with van der Waals surface area (Å²) in [5, 5.41) is 21.8. The number of carboxylic acid groups (broad SMARTS) is 1. The number of carbonyl (C=O) groups excluding carboxylic acids is 3. The Hall–Kier alpha value is -2.78. The van der Waals surface area contributed by atoms with Gasteiger partial charge in [-0.3, -0.25) is 19.2 Å². The van der Waals surface area contributed by atoms with Crippen LogP contribution < -0.4 is 16.8 Å². The highest BCUT2D eigenvalue weighted by molar-refractivity contribution is 6.16. The van der Waals surface area contributed by atoms with Crippen LogP contribution in [0.4, 0.5) is 0 Å². The second-order valence-electron chi connectivity index (χ2n) is 7.68. The number of ketones is 2. The third-order valence-electron chi connectivity index (χ3n) is 5.59. The average Bonchev–Trinajstić information content (AvgIpc) is 3.00. The van der Waals surface area contributed by atoms with Gasteiger partial charge in [-0.05, 0) is 50.3 Å². The maximum atomic E-state index is 13.7. The number of hydrogen-bond donors (Lipinski definition) is 5. The number of carboxylic acids is 1. The van der Waals surface area contributed by atoms with Crippen molar-refractivity contribution in [1.82, 2.24) is 5.32 Å². The summed E-state index contributed by atoms with van der Waals surface area (Å²) in [6, 6.07) is 3.70. The molecule has 4 atom stereocenters. The fourth-order valence-corrected chi connectivity index (χ4v) is 4.17. The Balaban J connectivity index is 2.55. The Labute approximate surface area is 168 Å². The molecule has 1 aliphatic carbocycles. The molecular formula is C20H27N3O6. The molecule has 29 heavy (non-hydrogen) atoms. The van der Waals surface area contributed by atoms with Crippen LogP contribution in [0, 0.1) is 5.41 Å². The molecule has 158 valence electrons. The SMILES string of the molecule is CC(=O)NC(Cc1ccc(O)cc1)C(=O)C1(C(=O)C(C)N)CCCC1(N)C(=O)O. The highest BCUT2D eigenvalue weighted by atomic mass is 16.4. The number of rotatable bonds is 8. The van der Waals surface area contributed by atoms with Crippen molar-refractivity contribution in [1.29, 1.82) is 0 Å². The summed E-state index contributed by atoms with van der Waals surface area (Å²) >= 11 is 0. The van der Waals surface area contributed by atoms with E-state index < -0.39 is 46.5 Å². The van der Waals surface area contributed by atoms with Gasteiger partial charge in [0.2, 0.25) is 5.91 Å². The maximum absolute atomic E-state index is 13.7. The molecule has 1 saturated carbocycles. The second kappa shape index (κ2) is 8.30. The van der Waals surface area contributed by atoms with E-state index in [1.165, 1.54) is 26.0 Å². The lowest BCUT2D eigenvalue weighted by Crippen LogP contribution is -2.69. The van der Waals surface area contributed by atoms with Crippen LogP contribution in [0.2, 0.25) is 0 Å². The van der Waals surface area contributed by atoms with Gasteiger partial charge in [0.1, 0.15) is 16.7 Å². The van der Waals surface area contributed by atoms with Gasteiger partial charge in [0.15, 0.2) is 11.6 Å². The number of aromatic hydroxyl groups is 1. The van der Waals surface area contributed by atoms with E-state index in [0.717, 1.165) is 0 Å². The number of nitrogens with one attached hydrogen (secondary N) is 1. The Morgan fingerprint density at radius 3 is 2.21 bits per heavy atom. The Kier molecular flexibility index (Phi) is 6.44. The predicted octanol–water partition coefficient (Wildman–Crippen LogP) is -0.123. The number of nitrogens with two attached hydrogens (primary N) is 2. The van der Waals surface area contributed by atoms with Crippen molar-refractivity contribution >= 4 is 23.4 Å².